The Morgan fingerprint density at radius 3 is 2.56 bits per heavy atom. The maximum atomic E-state index is 12.1. The molecule has 0 spiro atoms. The average molecular weight is 364 g/mol. The van der Waals surface area contributed by atoms with Crippen molar-refractivity contribution in [3.8, 4) is 0 Å². The van der Waals surface area contributed by atoms with Gasteiger partial charge in [0.05, 0.1) is 11.2 Å². The van der Waals surface area contributed by atoms with Crippen molar-refractivity contribution >= 4 is 46.6 Å². The SMILES string of the molecule is Cl.Cn1cc(N2CCNCC2)c2cc(N3CCC(=O)NC3=O)ccc21. The van der Waals surface area contributed by atoms with E-state index >= 15 is 0 Å². The molecular weight excluding hydrogens is 342 g/mol. The maximum Gasteiger partial charge on any atom is 0.328 e. The molecule has 4 rings (SSSR count). The fourth-order valence-electron chi connectivity index (χ4n) is 3.50. The minimum Gasteiger partial charge on any atom is -0.367 e. The van der Waals surface area contributed by atoms with Crippen LogP contribution in [0.2, 0.25) is 0 Å². The molecule has 8 heteroatoms. The van der Waals surface area contributed by atoms with Gasteiger partial charge in [0.2, 0.25) is 5.91 Å². The van der Waals surface area contributed by atoms with Crippen molar-refractivity contribution in [2.24, 2.45) is 7.05 Å². The van der Waals surface area contributed by atoms with Crippen LogP contribution in [0.1, 0.15) is 6.42 Å². The Morgan fingerprint density at radius 2 is 1.84 bits per heavy atom. The molecule has 2 N–H and O–H groups in total. The Balaban J connectivity index is 0.00000182. The Bertz CT molecular complexity index is 813. The molecular formula is C17H22ClN5O2. The predicted octanol–water partition coefficient (Wildman–Crippen LogP) is 1.46. The zero-order valence-electron chi connectivity index (χ0n) is 14.1. The van der Waals surface area contributed by atoms with Crippen LogP contribution in [0.25, 0.3) is 10.9 Å². The minimum absolute atomic E-state index is 0. The van der Waals surface area contributed by atoms with Crippen LogP contribution in [0.3, 0.4) is 0 Å². The fraction of sp³-hybridized carbons (Fsp3) is 0.412. The molecule has 2 saturated heterocycles. The molecule has 0 unspecified atom stereocenters. The van der Waals surface area contributed by atoms with Crippen LogP contribution >= 0.6 is 12.4 Å². The lowest BCUT2D eigenvalue weighted by atomic mass is 10.1. The van der Waals surface area contributed by atoms with Crippen LogP contribution < -0.4 is 20.4 Å². The number of carbonyl (C=O) groups excluding carboxylic acids is 2. The number of urea groups is 1. The second-order valence-corrected chi connectivity index (χ2v) is 6.32. The molecule has 0 bridgehead atoms. The second-order valence-electron chi connectivity index (χ2n) is 6.32. The van der Waals surface area contributed by atoms with E-state index < -0.39 is 0 Å². The number of benzene rings is 1. The van der Waals surface area contributed by atoms with Crippen LogP contribution in [0, 0.1) is 0 Å². The molecule has 1 aromatic carbocycles. The van der Waals surface area contributed by atoms with E-state index in [9.17, 15) is 9.59 Å². The van der Waals surface area contributed by atoms with Crippen molar-refractivity contribution in [2.45, 2.75) is 6.42 Å². The third kappa shape index (κ3) is 3.17. The van der Waals surface area contributed by atoms with Crippen molar-refractivity contribution in [1.82, 2.24) is 15.2 Å². The first-order chi connectivity index (χ1) is 11.6. The van der Waals surface area contributed by atoms with E-state index in [-0.39, 0.29) is 24.3 Å². The smallest absolute Gasteiger partial charge is 0.328 e. The van der Waals surface area contributed by atoms with Gasteiger partial charge in [0, 0.05) is 63.5 Å². The van der Waals surface area contributed by atoms with Crippen LogP contribution in [0.15, 0.2) is 24.4 Å². The molecule has 2 aromatic rings. The van der Waals surface area contributed by atoms with Gasteiger partial charge in [-0.25, -0.2) is 4.79 Å². The number of hydrogen-bond donors (Lipinski definition) is 2. The molecule has 0 atom stereocenters. The number of rotatable bonds is 2. The summed E-state index contributed by atoms with van der Waals surface area (Å²) >= 11 is 0. The lowest BCUT2D eigenvalue weighted by Gasteiger charge is -2.29. The van der Waals surface area contributed by atoms with Crippen LogP contribution in [-0.2, 0) is 11.8 Å². The number of aromatic nitrogens is 1. The summed E-state index contributed by atoms with van der Waals surface area (Å²) < 4.78 is 2.12. The van der Waals surface area contributed by atoms with E-state index in [1.54, 1.807) is 4.90 Å². The minimum atomic E-state index is -0.342. The largest absolute Gasteiger partial charge is 0.367 e. The Hall–Kier alpha value is -2.25. The van der Waals surface area contributed by atoms with Gasteiger partial charge in [-0.15, -0.1) is 12.4 Å². The number of imide groups is 1. The number of aryl methyl sites for hydroxylation is 1. The van der Waals surface area contributed by atoms with E-state index in [1.165, 1.54) is 5.69 Å². The van der Waals surface area contributed by atoms with Gasteiger partial charge in [0.25, 0.3) is 0 Å². The van der Waals surface area contributed by atoms with Crippen molar-refractivity contribution in [3.63, 3.8) is 0 Å². The van der Waals surface area contributed by atoms with E-state index in [4.69, 9.17) is 0 Å². The summed E-state index contributed by atoms with van der Waals surface area (Å²) in [5.74, 6) is -0.210. The van der Waals surface area contributed by atoms with Crippen molar-refractivity contribution in [2.75, 3.05) is 42.5 Å². The Kier molecular flexibility index (Phi) is 4.87. The number of carbonyl (C=O) groups is 2. The summed E-state index contributed by atoms with van der Waals surface area (Å²) in [6, 6.07) is 5.70. The normalized spacial score (nSPS) is 18.3. The molecule has 1 aromatic heterocycles. The second kappa shape index (κ2) is 6.93. The zero-order valence-corrected chi connectivity index (χ0v) is 14.9. The van der Waals surface area contributed by atoms with E-state index in [2.05, 4.69) is 32.4 Å². The van der Waals surface area contributed by atoms with Crippen LogP contribution in [0.5, 0.6) is 0 Å². The van der Waals surface area contributed by atoms with Gasteiger partial charge in [0.15, 0.2) is 0 Å². The quantitative estimate of drug-likeness (QED) is 0.847. The Labute approximate surface area is 152 Å². The molecule has 3 amide bonds. The van der Waals surface area contributed by atoms with Gasteiger partial charge >= 0.3 is 6.03 Å². The molecule has 2 aliphatic rings. The zero-order chi connectivity index (χ0) is 16.7. The number of hydrogen-bond acceptors (Lipinski definition) is 4. The van der Waals surface area contributed by atoms with Gasteiger partial charge < -0.3 is 14.8 Å². The summed E-state index contributed by atoms with van der Waals surface area (Å²) in [6.07, 6.45) is 2.49. The van der Waals surface area contributed by atoms with Gasteiger partial charge in [-0.3, -0.25) is 15.0 Å². The van der Waals surface area contributed by atoms with Gasteiger partial charge in [-0.05, 0) is 18.2 Å². The number of anilines is 2. The third-order valence-electron chi connectivity index (χ3n) is 4.78. The number of fused-ring (bicyclic) bond motifs is 1. The lowest BCUT2D eigenvalue weighted by molar-refractivity contribution is -0.120. The van der Waals surface area contributed by atoms with Crippen molar-refractivity contribution in [1.29, 1.82) is 0 Å². The van der Waals surface area contributed by atoms with Gasteiger partial charge in [0.1, 0.15) is 0 Å². The highest BCUT2D eigenvalue weighted by Crippen LogP contribution is 2.32. The highest BCUT2D eigenvalue weighted by atomic mass is 35.5. The summed E-state index contributed by atoms with van der Waals surface area (Å²) in [6.45, 7) is 4.33. The standard InChI is InChI=1S/C17H21N5O2.ClH/c1-20-11-15(21-8-5-18-6-9-21)13-10-12(2-3-14(13)20)22-7-4-16(23)19-17(22)24;/h2-3,10-11,18H,4-9H2,1H3,(H,19,23,24);1H. The average Bonchev–Trinajstić information content (AvgIpc) is 2.92. The Morgan fingerprint density at radius 1 is 1.08 bits per heavy atom. The summed E-state index contributed by atoms with van der Waals surface area (Å²) in [5, 5.41) is 6.89. The molecule has 25 heavy (non-hydrogen) atoms. The first kappa shape index (κ1) is 17.6. The number of nitrogens with one attached hydrogen (secondary N) is 2. The van der Waals surface area contributed by atoms with Crippen molar-refractivity contribution < 1.29 is 9.59 Å². The highest BCUT2D eigenvalue weighted by Gasteiger charge is 2.25. The first-order valence-corrected chi connectivity index (χ1v) is 8.29. The maximum absolute atomic E-state index is 12.1. The summed E-state index contributed by atoms with van der Waals surface area (Å²) in [5.41, 5.74) is 3.17. The van der Waals surface area contributed by atoms with Gasteiger partial charge in [-0.1, -0.05) is 0 Å². The van der Waals surface area contributed by atoms with E-state index in [0.717, 1.165) is 42.8 Å². The predicted molar refractivity (Wildman–Crippen MR) is 101 cm³/mol. The summed E-state index contributed by atoms with van der Waals surface area (Å²) in [4.78, 5) is 27.5. The number of amides is 3. The molecule has 2 fully saturated rings. The highest BCUT2D eigenvalue weighted by molar-refractivity contribution is 6.07. The number of nitrogens with zero attached hydrogens (tertiary/aromatic N) is 3. The van der Waals surface area contributed by atoms with Crippen molar-refractivity contribution in [3.05, 3.63) is 24.4 Å². The molecule has 0 saturated carbocycles. The van der Waals surface area contributed by atoms with E-state index in [1.807, 2.05) is 19.2 Å². The molecule has 7 nitrogen and oxygen atoms in total. The molecule has 2 aliphatic heterocycles. The molecule has 134 valence electrons. The van der Waals surface area contributed by atoms with E-state index in [0.29, 0.717) is 13.0 Å². The van der Waals surface area contributed by atoms with Crippen LogP contribution in [0.4, 0.5) is 16.2 Å². The topological polar surface area (TPSA) is 69.6 Å². The molecule has 0 radical (unpaired) electrons. The third-order valence-corrected chi connectivity index (χ3v) is 4.78. The van der Waals surface area contributed by atoms with Gasteiger partial charge in [-0.2, -0.15) is 0 Å². The number of halogens is 1. The fourth-order valence-corrected chi connectivity index (χ4v) is 3.50. The summed E-state index contributed by atoms with van der Waals surface area (Å²) in [7, 11) is 2.04. The van der Waals surface area contributed by atoms with Crippen LogP contribution in [-0.4, -0.2) is 49.2 Å². The first-order valence-electron chi connectivity index (χ1n) is 8.29. The number of piperazine rings is 1. The molecule has 0 aliphatic carbocycles. The lowest BCUT2D eigenvalue weighted by Crippen LogP contribution is -2.49. The monoisotopic (exact) mass is 363 g/mol. The molecule has 3 heterocycles.